The van der Waals surface area contributed by atoms with Gasteiger partial charge in [-0.1, -0.05) is 11.6 Å². The van der Waals surface area contributed by atoms with Crippen LogP contribution >= 0.6 is 22.9 Å². The number of nitro groups is 1. The Morgan fingerprint density at radius 1 is 1.42 bits per heavy atom. The van der Waals surface area contributed by atoms with Crippen molar-refractivity contribution in [1.29, 1.82) is 0 Å². The molecule has 19 heavy (non-hydrogen) atoms. The van der Waals surface area contributed by atoms with E-state index >= 15 is 0 Å². The quantitative estimate of drug-likeness (QED) is 0.662. The first-order chi connectivity index (χ1) is 8.97. The van der Waals surface area contributed by atoms with Crippen molar-refractivity contribution < 1.29 is 9.31 Å². The van der Waals surface area contributed by atoms with E-state index in [-0.39, 0.29) is 17.4 Å². The van der Waals surface area contributed by atoms with Crippen molar-refractivity contribution in [2.24, 2.45) is 0 Å². The molecule has 0 saturated heterocycles. The molecule has 0 spiro atoms. The van der Waals surface area contributed by atoms with Gasteiger partial charge in [-0.25, -0.2) is 4.39 Å². The summed E-state index contributed by atoms with van der Waals surface area (Å²) in [7, 11) is 0. The lowest BCUT2D eigenvalue weighted by Crippen LogP contribution is -2.07. The van der Waals surface area contributed by atoms with Gasteiger partial charge in [-0.05, 0) is 31.2 Å². The van der Waals surface area contributed by atoms with Gasteiger partial charge >= 0.3 is 0 Å². The molecule has 0 bridgehead atoms. The van der Waals surface area contributed by atoms with Crippen LogP contribution in [0.5, 0.6) is 0 Å². The van der Waals surface area contributed by atoms with Crippen molar-refractivity contribution in [1.82, 2.24) is 0 Å². The summed E-state index contributed by atoms with van der Waals surface area (Å²) in [5.41, 5.74) is -0.00192. The van der Waals surface area contributed by atoms with Gasteiger partial charge in [-0.2, -0.15) is 0 Å². The molecule has 1 aromatic carbocycles. The number of benzene rings is 1. The number of nitrogens with zero attached hydrogens (tertiary/aromatic N) is 1. The largest absolute Gasteiger partial charge is 0.372 e. The fraction of sp³-hybridized carbons (Fsp3) is 0.167. The molecule has 100 valence electrons. The van der Waals surface area contributed by atoms with Crippen LogP contribution < -0.4 is 5.32 Å². The molecular weight excluding hydrogens is 291 g/mol. The van der Waals surface area contributed by atoms with Crippen LogP contribution in [0.15, 0.2) is 30.3 Å². The van der Waals surface area contributed by atoms with Crippen LogP contribution in [0.4, 0.5) is 15.8 Å². The van der Waals surface area contributed by atoms with Gasteiger partial charge in [0.1, 0.15) is 11.5 Å². The Kier molecular flexibility index (Phi) is 4.01. The maximum absolute atomic E-state index is 13.0. The molecule has 0 fully saturated rings. The molecule has 1 aromatic heterocycles. The van der Waals surface area contributed by atoms with E-state index in [1.165, 1.54) is 23.5 Å². The van der Waals surface area contributed by atoms with E-state index in [4.69, 9.17) is 11.6 Å². The SMILES string of the molecule is CC(Nc1ccc(F)cc1[N+](=O)[O-])c1ccc(Cl)s1. The number of rotatable bonds is 4. The molecule has 1 N–H and O–H groups in total. The highest BCUT2D eigenvalue weighted by Gasteiger charge is 2.17. The molecule has 0 aliphatic rings. The first-order valence-corrected chi connectivity index (χ1v) is 6.62. The van der Waals surface area contributed by atoms with E-state index in [9.17, 15) is 14.5 Å². The number of nitro benzene ring substituents is 1. The summed E-state index contributed by atoms with van der Waals surface area (Å²) in [5, 5.41) is 13.9. The first kappa shape index (κ1) is 13.8. The van der Waals surface area contributed by atoms with Crippen LogP contribution in [-0.2, 0) is 0 Å². The minimum absolute atomic E-state index is 0.151. The van der Waals surface area contributed by atoms with Crippen LogP contribution in [-0.4, -0.2) is 4.92 Å². The minimum Gasteiger partial charge on any atom is -0.372 e. The predicted octanol–water partition coefficient (Wildman–Crippen LogP) is 4.62. The van der Waals surface area contributed by atoms with Crippen molar-refractivity contribution in [3.8, 4) is 0 Å². The molecule has 1 unspecified atom stereocenters. The molecule has 1 atom stereocenters. The van der Waals surface area contributed by atoms with Gasteiger partial charge in [-0.3, -0.25) is 10.1 Å². The third kappa shape index (κ3) is 3.21. The van der Waals surface area contributed by atoms with Gasteiger partial charge in [0.25, 0.3) is 5.69 Å². The van der Waals surface area contributed by atoms with Gasteiger partial charge in [0, 0.05) is 4.88 Å². The lowest BCUT2D eigenvalue weighted by atomic mass is 10.2. The van der Waals surface area contributed by atoms with Gasteiger partial charge in [0.05, 0.1) is 21.4 Å². The monoisotopic (exact) mass is 300 g/mol. The second kappa shape index (κ2) is 5.54. The van der Waals surface area contributed by atoms with E-state index < -0.39 is 10.7 Å². The summed E-state index contributed by atoms with van der Waals surface area (Å²) in [6, 6.07) is 6.90. The average molecular weight is 301 g/mol. The Labute approximate surface area is 118 Å². The molecule has 7 heteroatoms. The Balaban J connectivity index is 2.26. The van der Waals surface area contributed by atoms with Crippen LogP contribution in [0.1, 0.15) is 17.8 Å². The third-order valence-corrected chi connectivity index (χ3v) is 3.96. The average Bonchev–Trinajstić information content (AvgIpc) is 2.78. The Morgan fingerprint density at radius 2 is 2.16 bits per heavy atom. The van der Waals surface area contributed by atoms with E-state index in [1.807, 2.05) is 13.0 Å². The van der Waals surface area contributed by atoms with Crippen molar-refractivity contribution in [3.05, 3.63) is 55.5 Å². The molecule has 0 aliphatic carbocycles. The first-order valence-electron chi connectivity index (χ1n) is 5.43. The van der Waals surface area contributed by atoms with Gasteiger partial charge in [-0.15, -0.1) is 11.3 Å². The van der Waals surface area contributed by atoms with Crippen LogP contribution in [0, 0.1) is 15.9 Å². The second-order valence-electron chi connectivity index (χ2n) is 3.93. The maximum atomic E-state index is 13.0. The molecule has 4 nitrogen and oxygen atoms in total. The van der Waals surface area contributed by atoms with E-state index in [0.717, 1.165) is 10.9 Å². The molecular formula is C12H10ClFN2O2S. The van der Waals surface area contributed by atoms with Crippen LogP contribution in [0.25, 0.3) is 0 Å². The predicted molar refractivity (Wildman–Crippen MR) is 74.4 cm³/mol. The zero-order valence-electron chi connectivity index (χ0n) is 9.89. The highest BCUT2D eigenvalue weighted by Crippen LogP contribution is 2.32. The number of anilines is 1. The summed E-state index contributed by atoms with van der Waals surface area (Å²) in [6.45, 7) is 1.86. The summed E-state index contributed by atoms with van der Waals surface area (Å²) in [6.07, 6.45) is 0. The molecule has 0 amide bonds. The fourth-order valence-electron chi connectivity index (χ4n) is 1.64. The standard InChI is InChI=1S/C12H10ClFN2O2S/c1-7(11-4-5-12(13)19-11)15-9-3-2-8(14)6-10(9)16(17)18/h2-7,15H,1H3. The molecule has 1 heterocycles. The van der Waals surface area contributed by atoms with E-state index in [2.05, 4.69) is 5.32 Å². The van der Waals surface area contributed by atoms with Crippen molar-refractivity contribution in [2.75, 3.05) is 5.32 Å². The van der Waals surface area contributed by atoms with E-state index in [0.29, 0.717) is 4.34 Å². The smallest absolute Gasteiger partial charge is 0.295 e. The fourth-order valence-corrected chi connectivity index (χ4v) is 2.71. The molecule has 2 rings (SSSR count). The number of nitrogens with one attached hydrogen (secondary N) is 1. The molecule has 2 aromatic rings. The Bertz CT molecular complexity index is 618. The van der Waals surface area contributed by atoms with Crippen molar-refractivity contribution >= 4 is 34.3 Å². The maximum Gasteiger partial charge on any atom is 0.295 e. The number of hydrogen-bond donors (Lipinski definition) is 1. The Morgan fingerprint density at radius 3 is 2.74 bits per heavy atom. The highest BCUT2D eigenvalue weighted by molar-refractivity contribution is 7.16. The summed E-state index contributed by atoms with van der Waals surface area (Å²) in [5.74, 6) is -0.635. The number of hydrogen-bond acceptors (Lipinski definition) is 4. The van der Waals surface area contributed by atoms with E-state index in [1.54, 1.807) is 6.07 Å². The Hall–Kier alpha value is -1.66. The molecule has 0 aliphatic heterocycles. The van der Waals surface area contributed by atoms with Crippen LogP contribution in [0.3, 0.4) is 0 Å². The van der Waals surface area contributed by atoms with Crippen molar-refractivity contribution in [2.45, 2.75) is 13.0 Å². The summed E-state index contributed by atoms with van der Waals surface area (Å²) in [4.78, 5) is 11.2. The van der Waals surface area contributed by atoms with Gasteiger partial charge in [0.2, 0.25) is 0 Å². The van der Waals surface area contributed by atoms with Crippen LogP contribution in [0.2, 0.25) is 4.34 Å². The normalized spacial score (nSPS) is 12.2. The summed E-state index contributed by atoms with van der Waals surface area (Å²) >= 11 is 7.23. The lowest BCUT2D eigenvalue weighted by molar-refractivity contribution is -0.384. The van der Waals surface area contributed by atoms with Crippen molar-refractivity contribution in [3.63, 3.8) is 0 Å². The van der Waals surface area contributed by atoms with Gasteiger partial charge < -0.3 is 5.32 Å². The minimum atomic E-state index is -0.635. The summed E-state index contributed by atoms with van der Waals surface area (Å²) < 4.78 is 13.7. The zero-order chi connectivity index (χ0) is 14.0. The zero-order valence-corrected chi connectivity index (χ0v) is 11.5. The number of thiophene rings is 1. The van der Waals surface area contributed by atoms with Gasteiger partial charge in [0.15, 0.2) is 0 Å². The topological polar surface area (TPSA) is 55.2 Å². The third-order valence-electron chi connectivity index (χ3n) is 2.55. The highest BCUT2D eigenvalue weighted by atomic mass is 35.5. The second-order valence-corrected chi connectivity index (χ2v) is 5.67. The molecule has 0 radical (unpaired) electrons. The number of halogens is 2. The molecule has 0 saturated carbocycles. The lowest BCUT2D eigenvalue weighted by Gasteiger charge is -2.13.